The van der Waals surface area contributed by atoms with Crippen molar-refractivity contribution in [2.45, 2.75) is 90.3 Å². The molecule has 5 aliphatic rings. The Labute approximate surface area is 314 Å². The number of ether oxygens (including phenoxy) is 1. The van der Waals surface area contributed by atoms with Gasteiger partial charge in [0.05, 0.1) is 10.2 Å². The number of pyridine rings is 2. The molecule has 0 radical (unpaired) electrons. The number of carbonyl (C=O) groups excluding carboxylic acids is 2. The minimum Gasteiger partial charge on any atom is -0.455 e. The van der Waals surface area contributed by atoms with E-state index in [1.165, 1.54) is 49.9 Å². The van der Waals surface area contributed by atoms with Crippen molar-refractivity contribution >= 4 is 50.2 Å². The van der Waals surface area contributed by atoms with Crippen molar-refractivity contribution in [3.8, 4) is 11.1 Å². The molecule has 4 bridgehead atoms. The predicted molar refractivity (Wildman–Crippen MR) is 211 cm³/mol. The Balaban J connectivity index is 1.02. The molecule has 0 spiro atoms. The van der Waals surface area contributed by atoms with Gasteiger partial charge in [0.15, 0.2) is 10.8 Å². The Morgan fingerprint density at radius 1 is 0.906 bits per heavy atom. The molecule has 3 aromatic heterocycles. The standard InChI is InChI=1S/C43H46N6O3S/c1-25-30(14-16-44-38(25)48-43-21-26-18-27(22-43)20-28(19-26)23-43)31-12-13-36(46-37(31)40(51)52-42(2,3)4)49-17-15-29-8-7-9-32(33(29)24-49)39(50)47-41-45-34-10-5-6-11-35(34)53-41/h5-14,16,26-28H,15,17-24H2,1-4H3,(H,44,48)(H,45,47,50). The number of nitrogens with zero attached hydrogens (tertiary/aromatic N) is 4. The summed E-state index contributed by atoms with van der Waals surface area (Å²) in [6.45, 7) is 8.91. The number of carbonyl (C=O) groups is 2. The third-order valence-electron chi connectivity index (χ3n) is 11.7. The molecule has 4 aliphatic carbocycles. The first-order valence-electron chi connectivity index (χ1n) is 19.0. The van der Waals surface area contributed by atoms with E-state index in [0.717, 1.165) is 68.0 Å². The van der Waals surface area contributed by atoms with Gasteiger partial charge in [0.25, 0.3) is 5.91 Å². The van der Waals surface area contributed by atoms with Gasteiger partial charge in [-0.1, -0.05) is 35.6 Å². The number of hydrogen-bond acceptors (Lipinski definition) is 9. The smallest absolute Gasteiger partial charge is 0.358 e. The summed E-state index contributed by atoms with van der Waals surface area (Å²) < 4.78 is 6.99. The van der Waals surface area contributed by atoms with Crippen LogP contribution in [0, 0.1) is 24.7 Å². The predicted octanol–water partition coefficient (Wildman–Crippen LogP) is 9.21. The van der Waals surface area contributed by atoms with Gasteiger partial charge in [0.2, 0.25) is 0 Å². The number of nitrogens with one attached hydrogen (secondary N) is 2. The van der Waals surface area contributed by atoms with Crippen LogP contribution < -0.4 is 15.5 Å². The number of rotatable bonds is 7. The van der Waals surface area contributed by atoms with E-state index in [2.05, 4.69) is 33.5 Å². The zero-order chi connectivity index (χ0) is 36.5. The summed E-state index contributed by atoms with van der Waals surface area (Å²) in [5.41, 5.74) is 5.91. The van der Waals surface area contributed by atoms with Crippen LogP contribution in [0.3, 0.4) is 0 Å². The van der Waals surface area contributed by atoms with Crippen molar-refractivity contribution in [2.75, 3.05) is 22.1 Å². The van der Waals surface area contributed by atoms with Gasteiger partial charge in [-0.3, -0.25) is 10.1 Å². The van der Waals surface area contributed by atoms with Gasteiger partial charge in [-0.25, -0.2) is 19.7 Å². The van der Waals surface area contributed by atoms with Gasteiger partial charge in [-0.2, -0.15) is 0 Å². The van der Waals surface area contributed by atoms with Gasteiger partial charge < -0.3 is 15.0 Å². The highest BCUT2D eigenvalue weighted by Gasteiger charge is 2.51. The number of aromatic nitrogens is 3. The Kier molecular flexibility index (Phi) is 8.29. The summed E-state index contributed by atoms with van der Waals surface area (Å²) in [6.07, 6.45) is 10.4. The number of esters is 1. The second kappa shape index (κ2) is 12.9. The summed E-state index contributed by atoms with van der Waals surface area (Å²) in [6, 6.07) is 19.7. The lowest BCUT2D eigenvalue weighted by Gasteiger charge is -2.57. The van der Waals surface area contributed by atoms with Crippen LogP contribution in [0.2, 0.25) is 0 Å². The zero-order valence-electron chi connectivity index (χ0n) is 30.9. The monoisotopic (exact) mass is 726 g/mol. The van der Waals surface area contributed by atoms with Crippen molar-refractivity contribution in [2.24, 2.45) is 17.8 Å². The first-order valence-corrected chi connectivity index (χ1v) is 19.8. The van der Waals surface area contributed by atoms with E-state index in [-0.39, 0.29) is 17.1 Å². The van der Waals surface area contributed by atoms with E-state index in [9.17, 15) is 9.59 Å². The Bertz CT molecular complexity index is 2190. The highest BCUT2D eigenvalue weighted by atomic mass is 32.1. The van der Waals surface area contributed by atoms with Crippen LogP contribution in [0.1, 0.15) is 96.8 Å². The molecule has 4 saturated carbocycles. The molecule has 272 valence electrons. The number of thiazole rings is 1. The summed E-state index contributed by atoms with van der Waals surface area (Å²) in [5, 5.41) is 7.58. The first-order chi connectivity index (χ1) is 25.5. The molecule has 0 saturated heterocycles. The number of para-hydroxylation sites is 1. The zero-order valence-corrected chi connectivity index (χ0v) is 31.7. The third-order valence-corrected chi connectivity index (χ3v) is 12.7. The molecule has 4 fully saturated rings. The van der Waals surface area contributed by atoms with Crippen molar-refractivity contribution in [3.05, 3.63) is 94.8 Å². The molecular weight excluding hydrogens is 681 g/mol. The molecule has 53 heavy (non-hydrogen) atoms. The number of anilines is 3. The van der Waals surface area contributed by atoms with Crippen molar-refractivity contribution in [1.29, 1.82) is 0 Å². The van der Waals surface area contributed by atoms with Crippen LogP contribution in [0.15, 0.2) is 66.9 Å². The molecule has 0 unspecified atom stereocenters. The molecule has 5 aromatic rings. The molecule has 4 heterocycles. The lowest BCUT2D eigenvalue weighted by atomic mass is 9.53. The SMILES string of the molecule is Cc1c(-c2ccc(N3CCc4cccc(C(=O)Nc5nc6ccccc6s5)c4C3)nc2C(=O)OC(C)(C)C)ccnc1NC12CC3CC(CC(C3)C1)C2. The van der Waals surface area contributed by atoms with Crippen LogP contribution >= 0.6 is 11.3 Å². The fourth-order valence-corrected chi connectivity index (χ4v) is 10.7. The van der Waals surface area contributed by atoms with E-state index in [4.69, 9.17) is 14.7 Å². The topological polar surface area (TPSA) is 109 Å². The highest BCUT2D eigenvalue weighted by Crippen LogP contribution is 2.56. The molecule has 2 N–H and O–H groups in total. The van der Waals surface area contributed by atoms with E-state index < -0.39 is 11.6 Å². The molecule has 10 heteroatoms. The molecule has 9 nitrogen and oxygen atoms in total. The molecule has 2 aromatic carbocycles. The number of fused-ring (bicyclic) bond motifs is 2. The van der Waals surface area contributed by atoms with Crippen molar-refractivity contribution in [3.63, 3.8) is 0 Å². The Morgan fingerprint density at radius 3 is 2.40 bits per heavy atom. The summed E-state index contributed by atoms with van der Waals surface area (Å²) in [7, 11) is 0. The van der Waals surface area contributed by atoms with Crippen LogP contribution in [0.25, 0.3) is 21.3 Å². The Morgan fingerprint density at radius 2 is 1.66 bits per heavy atom. The highest BCUT2D eigenvalue weighted by molar-refractivity contribution is 7.22. The largest absolute Gasteiger partial charge is 0.455 e. The number of hydrogen-bond donors (Lipinski definition) is 2. The van der Waals surface area contributed by atoms with E-state index in [1.54, 1.807) is 0 Å². The number of amides is 1. The molecular formula is C43H46N6O3S. The fraction of sp³-hybridized carbons (Fsp3) is 0.419. The summed E-state index contributed by atoms with van der Waals surface area (Å²) in [5.74, 6) is 3.37. The van der Waals surface area contributed by atoms with E-state index in [1.807, 2.05) is 81.6 Å². The van der Waals surface area contributed by atoms with Gasteiger partial charge in [-0.05, 0) is 149 Å². The van der Waals surface area contributed by atoms with Crippen LogP contribution in [-0.2, 0) is 17.7 Å². The maximum atomic E-state index is 14.0. The van der Waals surface area contributed by atoms with Crippen LogP contribution in [0.4, 0.5) is 16.8 Å². The summed E-state index contributed by atoms with van der Waals surface area (Å²) in [4.78, 5) is 44.3. The molecule has 1 aliphatic heterocycles. The maximum absolute atomic E-state index is 14.0. The minimum atomic E-state index is -0.694. The van der Waals surface area contributed by atoms with Crippen molar-refractivity contribution in [1.82, 2.24) is 15.0 Å². The molecule has 1 amide bonds. The van der Waals surface area contributed by atoms with Gasteiger partial charge >= 0.3 is 5.97 Å². The van der Waals surface area contributed by atoms with Crippen molar-refractivity contribution < 1.29 is 14.3 Å². The van der Waals surface area contributed by atoms with Gasteiger partial charge in [0, 0.05) is 36.0 Å². The Hall–Kier alpha value is -4.83. The second-order valence-electron chi connectivity index (χ2n) is 16.8. The average molecular weight is 727 g/mol. The van der Waals surface area contributed by atoms with Crippen LogP contribution in [-0.4, -0.2) is 44.5 Å². The third kappa shape index (κ3) is 6.56. The van der Waals surface area contributed by atoms with Gasteiger partial charge in [0.1, 0.15) is 17.2 Å². The van der Waals surface area contributed by atoms with E-state index >= 15 is 0 Å². The quantitative estimate of drug-likeness (QED) is 0.160. The lowest BCUT2D eigenvalue weighted by Crippen LogP contribution is -2.55. The molecule has 0 atom stereocenters. The maximum Gasteiger partial charge on any atom is 0.358 e. The lowest BCUT2D eigenvalue weighted by molar-refractivity contribution is 0.00632. The number of benzene rings is 2. The van der Waals surface area contributed by atoms with E-state index in [0.29, 0.717) is 29.6 Å². The van der Waals surface area contributed by atoms with Gasteiger partial charge in [-0.15, -0.1) is 0 Å². The van der Waals surface area contributed by atoms with Crippen LogP contribution in [0.5, 0.6) is 0 Å². The minimum absolute atomic E-state index is 0.107. The second-order valence-corrected chi connectivity index (χ2v) is 17.8. The average Bonchev–Trinajstić information content (AvgIpc) is 3.53. The first kappa shape index (κ1) is 34.0. The normalized spacial score (nSPS) is 23.2. The fourth-order valence-electron chi connectivity index (χ4n) is 9.87. The summed E-state index contributed by atoms with van der Waals surface area (Å²) >= 11 is 1.46. The molecule has 10 rings (SSSR count).